The van der Waals surface area contributed by atoms with Gasteiger partial charge >= 0.3 is 5.97 Å². The maximum atomic E-state index is 12.5. The van der Waals surface area contributed by atoms with Crippen molar-refractivity contribution >= 4 is 27.5 Å². The van der Waals surface area contributed by atoms with E-state index in [1.165, 1.54) is 22.2 Å². The van der Waals surface area contributed by atoms with Crippen molar-refractivity contribution < 1.29 is 9.53 Å². The summed E-state index contributed by atoms with van der Waals surface area (Å²) in [5.74, 6) is -0.438. The molecule has 3 aromatic rings. The fraction of sp³-hybridized carbons (Fsp3) is 0.235. The summed E-state index contributed by atoms with van der Waals surface area (Å²) in [6.07, 6.45) is 1.41. The molecule has 3 rings (SSSR count). The van der Waals surface area contributed by atoms with Crippen LogP contribution in [-0.4, -0.2) is 22.1 Å². The molecule has 1 aromatic carbocycles. The van der Waals surface area contributed by atoms with Gasteiger partial charge in [-0.3, -0.25) is 14.2 Å². The molecule has 0 aliphatic heterocycles. The zero-order valence-electron chi connectivity index (χ0n) is 12.9. The quantitative estimate of drug-likeness (QED) is 0.691. The van der Waals surface area contributed by atoms with E-state index in [9.17, 15) is 9.59 Å². The van der Waals surface area contributed by atoms with Crippen LogP contribution in [0.5, 0.6) is 0 Å². The second-order valence-electron chi connectivity index (χ2n) is 5.12. The Balaban J connectivity index is 2.07. The molecule has 0 spiro atoms. The maximum absolute atomic E-state index is 12.5. The largest absolute Gasteiger partial charge is 0.465 e. The van der Waals surface area contributed by atoms with Crippen LogP contribution in [0.1, 0.15) is 12.5 Å². The number of aromatic nitrogens is 2. The number of esters is 1. The van der Waals surface area contributed by atoms with Gasteiger partial charge in [-0.2, -0.15) is 0 Å². The van der Waals surface area contributed by atoms with Crippen molar-refractivity contribution in [3.8, 4) is 11.1 Å². The minimum atomic E-state index is -0.438. The molecule has 0 fully saturated rings. The molecule has 118 valence electrons. The van der Waals surface area contributed by atoms with Crippen molar-refractivity contribution in [3.63, 3.8) is 0 Å². The topological polar surface area (TPSA) is 61.2 Å². The van der Waals surface area contributed by atoms with Crippen LogP contribution >= 0.6 is 11.3 Å². The summed E-state index contributed by atoms with van der Waals surface area (Å²) in [7, 11) is 0. The van der Waals surface area contributed by atoms with Gasteiger partial charge in [-0.25, -0.2) is 4.98 Å². The Morgan fingerprint density at radius 3 is 2.83 bits per heavy atom. The summed E-state index contributed by atoms with van der Waals surface area (Å²) in [6, 6.07) is 7.99. The van der Waals surface area contributed by atoms with Crippen LogP contribution < -0.4 is 5.56 Å². The Morgan fingerprint density at radius 1 is 1.30 bits per heavy atom. The molecule has 0 N–H and O–H groups in total. The van der Waals surface area contributed by atoms with Crippen LogP contribution in [0.15, 0.2) is 40.8 Å². The zero-order valence-corrected chi connectivity index (χ0v) is 13.7. The Hall–Kier alpha value is -2.47. The fourth-order valence-electron chi connectivity index (χ4n) is 2.47. The number of nitrogens with zero attached hydrogens (tertiary/aromatic N) is 2. The van der Waals surface area contributed by atoms with Gasteiger partial charge in [0.25, 0.3) is 5.56 Å². The average Bonchev–Trinajstić information content (AvgIpc) is 2.95. The predicted molar refractivity (Wildman–Crippen MR) is 90.7 cm³/mol. The third-order valence-corrected chi connectivity index (χ3v) is 4.54. The first-order valence-corrected chi connectivity index (χ1v) is 8.18. The molecule has 2 heterocycles. The number of fused-ring (bicyclic) bond motifs is 1. The van der Waals surface area contributed by atoms with Crippen molar-refractivity contribution in [1.29, 1.82) is 0 Å². The van der Waals surface area contributed by atoms with Crippen LogP contribution in [0.4, 0.5) is 0 Å². The molecular weight excluding hydrogens is 312 g/mol. The Kier molecular flexibility index (Phi) is 4.25. The van der Waals surface area contributed by atoms with Crippen molar-refractivity contribution in [2.45, 2.75) is 20.4 Å². The van der Waals surface area contributed by atoms with Crippen LogP contribution in [0.25, 0.3) is 21.3 Å². The number of carbonyl (C=O) groups excluding carboxylic acids is 1. The average molecular weight is 328 g/mol. The number of thiophene rings is 1. The molecule has 23 heavy (non-hydrogen) atoms. The van der Waals surface area contributed by atoms with Crippen molar-refractivity contribution in [3.05, 3.63) is 51.9 Å². The molecule has 0 radical (unpaired) electrons. The third kappa shape index (κ3) is 2.90. The lowest BCUT2D eigenvalue weighted by atomic mass is 10.0. The van der Waals surface area contributed by atoms with Gasteiger partial charge in [0.1, 0.15) is 11.2 Å². The van der Waals surface area contributed by atoms with Crippen molar-refractivity contribution in [2.24, 2.45) is 0 Å². The Labute approximate surface area is 137 Å². The lowest BCUT2D eigenvalue weighted by Crippen LogP contribution is -2.25. The van der Waals surface area contributed by atoms with E-state index >= 15 is 0 Å². The Bertz CT molecular complexity index is 927. The van der Waals surface area contributed by atoms with Crippen LogP contribution in [0.2, 0.25) is 0 Å². The van der Waals surface area contributed by atoms with Gasteiger partial charge in [0.05, 0.1) is 18.5 Å². The maximum Gasteiger partial charge on any atom is 0.326 e. The number of rotatable bonds is 4. The Morgan fingerprint density at radius 2 is 2.09 bits per heavy atom. The van der Waals surface area contributed by atoms with Gasteiger partial charge in [0.15, 0.2) is 0 Å². The highest BCUT2D eigenvalue weighted by atomic mass is 32.1. The van der Waals surface area contributed by atoms with Gasteiger partial charge in [-0.05, 0) is 25.0 Å². The van der Waals surface area contributed by atoms with Crippen LogP contribution in [0, 0.1) is 6.92 Å². The molecule has 2 aromatic heterocycles. The van der Waals surface area contributed by atoms with E-state index in [2.05, 4.69) is 4.98 Å². The minimum absolute atomic E-state index is 0.118. The molecule has 0 saturated carbocycles. The van der Waals surface area contributed by atoms with E-state index in [-0.39, 0.29) is 12.1 Å². The first-order chi connectivity index (χ1) is 11.1. The minimum Gasteiger partial charge on any atom is -0.465 e. The molecule has 5 nitrogen and oxygen atoms in total. The molecule has 0 unspecified atom stereocenters. The summed E-state index contributed by atoms with van der Waals surface area (Å²) in [5, 5.41) is 1.94. The van der Waals surface area contributed by atoms with Crippen LogP contribution in [-0.2, 0) is 16.1 Å². The lowest BCUT2D eigenvalue weighted by molar-refractivity contribution is -0.143. The summed E-state index contributed by atoms with van der Waals surface area (Å²) in [6.45, 7) is 3.93. The second-order valence-corrected chi connectivity index (χ2v) is 6.00. The standard InChI is InChI=1S/C17H16N2O3S/c1-3-22-14(20)8-19-10-18-15-13(9-23-16(15)17(19)21)12-7-5-4-6-11(12)2/h4-7,9-10H,3,8H2,1-2H3. The van der Waals surface area contributed by atoms with E-state index in [0.29, 0.717) is 16.8 Å². The molecule has 0 aliphatic rings. The van der Waals surface area contributed by atoms with E-state index in [1.54, 1.807) is 6.92 Å². The number of ether oxygens (including phenoxy) is 1. The highest BCUT2D eigenvalue weighted by Gasteiger charge is 2.15. The molecule has 0 aliphatic carbocycles. The fourth-order valence-corrected chi connectivity index (χ4v) is 3.43. The smallest absolute Gasteiger partial charge is 0.326 e. The van der Waals surface area contributed by atoms with Gasteiger partial charge in [0, 0.05) is 10.9 Å². The third-order valence-electron chi connectivity index (χ3n) is 3.59. The van der Waals surface area contributed by atoms with E-state index < -0.39 is 5.97 Å². The highest BCUT2D eigenvalue weighted by Crippen LogP contribution is 2.32. The van der Waals surface area contributed by atoms with Gasteiger partial charge in [0.2, 0.25) is 0 Å². The molecule has 0 bridgehead atoms. The SMILES string of the molecule is CCOC(=O)Cn1cnc2c(-c3ccccc3C)csc2c1=O. The number of benzene rings is 1. The number of aryl methyl sites for hydroxylation is 1. The molecule has 0 atom stereocenters. The van der Waals surface area contributed by atoms with Gasteiger partial charge in [-0.1, -0.05) is 24.3 Å². The summed E-state index contributed by atoms with van der Waals surface area (Å²) in [5.41, 5.74) is 3.60. The predicted octanol–water partition coefficient (Wildman–Crippen LogP) is 3.00. The molecule has 0 saturated heterocycles. The highest BCUT2D eigenvalue weighted by molar-refractivity contribution is 7.17. The van der Waals surface area contributed by atoms with E-state index in [0.717, 1.165) is 16.7 Å². The second kappa shape index (κ2) is 6.34. The van der Waals surface area contributed by atoms with Crippen molar-refractivity contribution in [2.75, 3.05) is 6.61 Å². The van der Waals surface area contributed by atoms with E-state index in [1.807, 2.05) is 36.6 Å². The van der Waals surface area contributed by atoms with Gasteiger partial charge in [-0.15, -0.1) is 11.3 Å². The molecular formula is C17H16N2O3S. The normalized spacial score (nSPS) is 10.9. The monoisotopic (exact) mass is 328 g/mol. The van der Waals surface area contributed by atoms with Gasteiger partial charge < -0.3 is 4.74 Å². The summed E-state index contributed by atoms with van der Waals surface area (Å²) in [4.78, 5) is 28.5. The van der Waals surface area contributed by atoms with Crippen LogP contribution in [0.3, 0.4) is 0 Å². The number of hydrogen-bond donors (Lipinski definition) is 0. The first kappa shape index (κ1) is 15.4. The molecule has 6 heteroatoms. The summed E-state index contributed by atoms with van der Waals surface area (Å²) < 4.78 is 6.72. The number of hydrogen-bond acceptors (Lipinski definition) is 5. The van der Waals surface area contributed by atoms with Crippen molar-refractivity contribution in [1.82, 2.24) is 9.55 Å². The first-order valence-electron chi connectivity index (χ1n) is 7.30. The zero-order chi connectivity index (χ0) is 16.4. The van der Waals surface area contributed by atoms with E-state index in [4.69, 9.17) is 4.74 Å². The summed E-state index contributed by atoms with van der Waals surface area (Å²) >= 11 is 1.35. The lowest BCUT2D eigenvalue weighted by Gasteiger charge is -2.06. The number of carbonyl (C=O) groups is 1. The molecule has 0 amide bonds.